The molecule has 0 saturated heterocycles. The van der Waals surface area contributed by atoms with Crippen molar-refractivity contribution in [3.8, 4) is 5.75 Å². The summed E-state index contributed by atoms with van der Waals surface area (Å²) in [5.74, 6) is -1.39. The number of hydrogen-bond donors (Lipinski definition) is 0. The van der Waals surface area contributed by atoms with E-state index >= 15 is 0 Å². The van der Waals surface area contributed by atoms with Crippen molar-refractivity contribution in [1.82, 2.24) is 0 Å². The van der Waals surface area contributed by atoms with Gasteiger partial charge in [0.2, 0.25) is 0 Å². The van der Waals surface area contributed by atoms with Crippen LogP contribution in [0, 0.1) is 5.82 Å². The number of halogens is 5. The summed E-state index contributed by atoms with van der Waals surface area (Å²) in [6, 6.07) is 10.1. The van der Waals surface area contributed by atoms with Crippen LogP contribution in [-0.4, -0.2) is 0 Å². The van der Waals surface area contributed by atoms with Crippen molar-refractivity contribution in [2.24, 2.45) is 0 Å². The number of alkyl halides is 3. The van der Waals surface area contributed by atoms with Crippen molar-refractivity contribution in [2.45, 2.75) is 12.8 Å². The summed E-state index contributed by atoms with van der Waals surface area (Å²) in [7, 11) is 0. The van der Waals surface area contributed by atoms with Crippen molar-refractivity contribution in [2.75, 3.05) is 0 Å². The number of benzene rings is 2. The molecule has 2 rings (SSSR count). The van der Waals surface area contributed by atoms with Crippen LogP contribution < -0.4 is 4.74 Å². The fraction of sp³-hybridized carbons (Fsp3) is 0.143. The van der Waals surface area contributed by atoms with E-state index in [-0.39, 0.29) is 11.1 Å². The number of ether oxygens (including phenoxy) is 1. The predicted molar refractivity (Wildman–Crippen MR) is 69.9 cm³/mol. The zero-order valence-corrected chi connectivity index (χ0v) is 11.6. The van der Waals surface area contributed by atoms with Crippen LogP contribution in [0.4, 0.5) is 17.6 Å². The highest BCUT2D eigenvalue weighted by molar-refractivity contribution is 9.10. The molecule has 20 heavy (non-hydrogen) atoms. The lowest BCUT2D eigenvalue weighted by Gasteiger charge is -2.15. The van der Waals surface area contributed by atoms with Crippen LogP contribution in [-0.2, 0) is 12.8 Å². The molecule has 0 spiro atoms. The predicted octanol–water partition coefficient (Wildman–Crippen LogP) is 5.19. The maximum atomic E-state index is 13.1. The van der Waals surface area contributed by atoms with Crippen LogP contribution in [0.25, 0.3) is 0 Å². The van der Waals surface area contributed by atoms with Gasteiger partial charge in [-0.2, -0.15) is 13.2 Å². The highest BCUT2D eigenvalue weighted by Crippen LogP contribution is 2.41. The molecule has 0 radical (unpaired) electrons. The summed E-state index contributed by atoms with van der Waals surface area (Å²) < 4.78 is 56.8. The maximum absolute atomic E-state index is 13.1. The molecule has 0 aromatic heterocycles. The van der Waals surface area contributed by atoms with E-state index in [1.165, 1.54) is 0 Å². The minimum atomic E-state index is -4.68. The highest BCUT2D eigenvalue weighted by Gasteiger charge is 2.36. The van der Waals surface area contributed by atoms with Gasteiger partial charge in [-0.05, 0) is 33.6 Å². The Morgan fingerprint density at radius 2 is 1.70 bits per heavy atom. The van der Waals surface area contributed by atoms with E-state index < -0.39 is 23.3 Å². The van der Waals surface area contributed by atoms with E-state index in [9.17, 15) is 17.6 Å². The average molecular weight is 349 g/mol. The first-order valence-electron chi connectivity index (χ1n) is 5.61. The van der Waals surface area contributed by atoms with Gasteiger partial charge in [-0.15, -0.1) is 0 Å². The van der Waals surface area contributed by atoms with Gasteiger partial charge in [0.15, 0.2) is 0 Å². The Morgan fingerprint density at radius 3 is 2.30 bits per heavy atom. The first-order chi connectivity index (χ1) is 9.38. The van der Waals surface area contributed by atoms with Gasteiger partial charge in [-0.3, -0.25) is 0 Å². The molecule has 0 fully saturated rings. The molecule has 0 aliphatic heterocycles. The quantitative estimate of drug-likeness (QED) is 0.694. The molecule has 6 heteroatoms. The lowest BCUT2D eigenvalue weighted by molar-refractivity contribution is -0.139. The first-order valence-corrected chi connectivity index (χ1v) is 6.40. The molecule has 0 aliphatic carbocycles. The van der Waals surface area contributed by atoms with Crippen LogP contribution >= 0.6 is 15.9 Å². The molecular formula is C14H9BrF4O. The lowest BCUT2D eigenvalue weighted by Crippen LogP contribution is -2.10. The molecule has 0 N–H and O–H groups in total. The van der Waals surface area contributed by atoms with Crippen LogP contribution in [0.3, 0.4) is 0 Å². The summed E-state index contributed by atoms with van der Waals surface area (Å²) in [5.41, 5.74) is -0.419. The molecule has 2 aromatic rings. The smallest absolute Gasteiger partial charge is 0.420 e. The number of rotatable bonds is 3. The molecule has 0 bridgehead atoms. The van der Waals surface area contributed by atoms with E-state index in [1.807, 2.05) is 0 Å². The van der Waals surface area contributed by atoms with Gasteiger partial charge in [0.25, 0.3) is 0 Å². The van der Waals surface area contributed by atoms with E-state index in [0.29, 0.717) is 6.07 Å². The molecule has 0 unspecified atom stereocenters. The Balaban J connectivity index is 2.31. The van der Waals surface area contributed by atoms with E-state index in [1.54, 1.807) is 30.3 Å². The number of hydrogen-bond acceptors (Lipinski definition) is 1. The largest absolute Gasteiger partial charge is 0.487 e. The fourth-order valence-electron chi connectivity index (χ4n) is 1.65. The van der Waals surface area contributed by atoms with Crippen molar-refractivity contribution in [1.29, 1.82) is 0 Å². The summed E-state index contributed by atoms with van der Waals surface area (Å²) in [6.45, 7) is -0.0336. The topological polar surface area (TPSA) is 9.23 Å². The third kappa shape index (κ3) is 3.50. The SMILES string of the molecule is Fc1cc(Br)c(OCc2ccccc2)c(C(F)(F)F)c1. The molecule has 2 aromatic carbocycles. The Kier molecular flexibility index (Phi) is 4.32. The van der Waals surface area contributed by atoms with Crippen LogP contribution in [0.5, 0.6) is 5.75 Å². The van der Waals surface area contributed by atoms with Crippen LogP contribution in [0.15, 0.2) is 46.9 Å². The second-order valence-corrected chi connectivity index (χ2v) is 4.89. The normalized spacial score (nSPS) is 11.4. The monoisotopic (exact) mass is 348 g/mol. The summed E-state index contributed by atoms with van der Waals surface area (Å²) in [4.78, 5) is 0. The Morgan fingerprint density at radius 1 is 1.05 bits per heavy atom. The van der Waals surface area contributed by atoms with Crippen molar-refractivity contribution in [3.63, 3.8) is 0 Å². The first kappa shape index (κ1) is 14.8. The standard InChI is InChI=1S/C14H9BrF4O/c15-12-7-10(16)6-11(14(17,18)19)13(12)20-8-9-4-2-1-3-5-9/h1-7H,8H2. The Labute approximate surface area is 121 Å². The van der Waals surface area contributed by atoms with Crippen molar-refractivity contribution in [3.05, 3.63) is 63.9 Å². The van der Waals surface area contributed by atoms with Gasteiger partial charge in [0.05, 0.1) is 4.47 Å². The lowest BCUT2D eigenvalue weighted by atomic mass is 10.2. The minimum Gasteiger partial charge on any atom is -0.487 e. The zero-order valence-electron chi connectivity index (χ0n) is 10.0. The van der Waals surface area contributed by atoms with Gasteiger partial charge in [0, 0.05) is 0 Å². The summed E-state index contributed by atoms with van der Waals surface area (Å²) >= 11 is 2.90. The third-order valence-electron chi connectivity index (χ3n) is 2.54. The molecule has 0 saturated carbocycles. The van der Waals surface area contributed by atoms with E-state index in [0.717, 1.165) is 11.6 Å². The molecule has 106 valence electrons. The second kappa shape index (κ2) is 5.83. The third-order valence-corrected chi connectivity index (χ3v) is 3.13. The molecule has 1 nitrogen and oxygen atoms in total. The summed E-state index contributed by atoms with van der Waals surface area (Å²) in [5, 5.41) is 0. The Bertz CT molecular complexity index is 596. The van der Waals surface area contributed by atoms with Gasteiger partial charge in [-0.25, -0.2) is 4.39 Å². The molecule has 0 amide bonds. The van der Waals surface area contributed by atoms with Gasteiger partial charge < -0.3 is 4.74 Å². The van der Waals surface area contributed by atoms with Crippen LogP contribution in [0.2, 0.25) is 0 Å². The van der Waals surface area contributed by atoms with Crippen molar-refractivity contribution >= 4 is 15.9 Å². The average Bonchev–Trinajstić information content (AvgIpc) is 2.37. The zero-order chi connectivity index (χ0) is 14.8. The fourth-order valence-corrected chi connectivity index (χ4v) is 2.19. The van der Waals surface area contributed by atoms with Crippen LogP contribution in [0.1, 0.15) is 11.1 Å². The molecular weight excluding hydrogens is 340 g/mol. The second-order valence-electron chi connectivity index (χ2n) is 4.04. The summed E-state index contributed by atoms with van der Waals surface area (Å²) in [6.07, 6.45) is -4.68. The van der Waals surface area contributed by atoms with Crippen molar-refractivity contribution < 1.29 is 22.3 Å². The molecule has 0 atom stereocenters. The van der Waals surface area contributed by atoms with Gasteiger partial charge >= 0.3 is 6.18 Å². The highest BCUT2D eigenvalue weighted by atomic mass is 79.9. The maximum Gasteiger partial charge on any atom is 0.420 e. The minimum absolute atomic E-state index is 0.0336. The Hall–Kier alpha value is -1.56. The molecule has 0 heterocycles. The van der Waals surface area contributed by atoms with Gasteiger partial charge in [-0.1, -0.05) is 30.3 Å². The van der Waals surface area contributed by atoms with Gasteiger partial charge in [0.1, 0.15) is 23.7 Å². The van der Waals surface area contributed by atoms with E-state index in [2.05, 4.69) is 15.9 Å². The molecule has 0 aliphatic rings. The van der Waals surface area contributed by atoms with E-state index in [4.69, 9.17) is 4.74 Å².